The highest BCUT2D eigenvalue weighted by atomic mass is 16.1. The van der Waals surface area contributed by atoms with Crippen molar-refractivity contribution in [2.75, 3.05) is 43.4 Å². The highest BCUT2D eigenvalue weighted by Gasteiger charge is 2.19. The van der Waals surface area contributed by atoms with Gasteiger partial charge in [0.2, 0.25) is 5.91 Å². The number of nitrogens with zero attached hydrogens (tertiary/aromatic N) is 5. The number of benzene rings is 1. The number of aromatic nitrogens is 5. The van der Waals surface area contributed by atoms with Gasteiger partial charge < -0.3 is 20.1 Å². The monoisotopic (exact) mass is 480 g/mol. The minimum absolute atomic E-state index is 0.0363. The van der Waals surface area contributed by atoms with Crippen molar-refractivity contribution in [2.45, 2.75) is 13.3 Å². The second kappa shape index (κ2) is 9.09. The van der Waals surface area contributed by atoms with Gasteiger partial charge in [0.15, 0.2) is 0 Å². The number of H-pyrrole nitrogens is 2. The number of pyridine rings is 2. The van der Waals surface area contributed by atoms with Crippen LogP contribution in [0.5, 0.6) is 0 Å². The van der Waals surface area contributed by atoms with E-state index in [4.69, 9.17) is 0 Å². The summed E-state index contributed by atoms with van der Waals surface area (Å²) in [5.74, 6) is -0.0363. The first kappa shape index (κ1) is 22.2. The van der Waals surface area contributed by atoms with Crippen LogP contribution in [0.1, 0.15) is 13.3 Å². The summed E-state index contributed by atoms with van der Waals surface area (Å²) in [6.07, 6.45) is 7.73. The van der Waals surface area contributed by atoms with Crippen molar-refractivity contribution in [1.29, 1.82) is 0 Å². The number of likely N-dealkylation sites (N-methyl/N-ethyl adjacent to an activating group) is 1. The third-order valence-corrected chi connectivity index (χ3v) is 6.86. The van der Waals surface area contributed by atoms with Gasteiger partial charge in [-0.05, 0) is 36.9 Å². The van der Waals surface area contributed by atoms with E-state index in [-0.39, 0.29) is 5.91 Å². The van der Waals surface area contributed by atoms with Crippen molar-refractivity contribution in [3.8, 4) is 22.5 Å². The maximum Gasteiger partial charge on any atom is 0.224 e. The van der Waals surface area contributed by atoms with Gasteiger partial charge in [-0.25, -0.2) is 0 Å². The van der Waals surface area contributed by atoms with Gasteiger partial charge in [0.25, 0.3) is 0 Å². The van der Waals surface area contributed by atoms with Gasteiger partial charge in [-0.3, -0.25) is 19.9 Å². The summed E-state index contributed by atoms with van der Waals surface area (Å²) in [7, 11) is 2.16. The van der Waals surface area contributed by atoms with E-state index in [1.807, 2.05) is 37.5 Å². The van der Waals surface area contributed by atoms with E-state index in [2.05, 4.69) is 59.4 Å². The lowest BCUT2D eigenvalue weighted by Gasteiger charge is -2.34. The number of amides is 1. The number of carbonyl (C=O) groups excluding carboxylic acids is 1. The van der Waals surface area contributed by atoms with E-state index in [0.29, 0.717) is 12.1 Å². The van der Waals surface area contributed by atoms with Crippen molar-refractivity contribution < 1.29 is 4.79 Å². The Kier molecular flexibility index (Phi) is 5.61. The van der Waals surface area contributed by atoms with Crippen molar-refractivity contribution in [3.05, 3.63) is 55.1 Å². The molecule has 0 spiro atoms. The topological polar surface area (TPSA) is 106 Å². The zero-order valence-corrected chi connectivity index (χ0v) is 20.4. The Morgan fingerprint density at radius 2 is 1.78 bits per heavy atom. The number of piperazine rings is 1. The van der Waals surface area contributed by atoms with Crippen molar-refractivity contribution in [2.24, 2.45) is 0 Å². The van der Waals surface area contributed by atoms with Crippen LogP contribution < -0.4 is 10.2 Å². The molecule has 1 aliphatic rings. The van der Waals surface area contributed by atoms with Gasteiger partial charge in [-0.2, -0.15) is 5.10 Å². The van der Waals surface area contributed by atoms with Crippen LogP contribution in [0.25, 0.3) is 44.3 Å². The summed E-state index contributed by atoms with van der Waals surface area (Å²) < 4.78 is 0. The Bertz CT molecular complexity index is 1560. The number of aromatic amines is 2. The SMILES string of the molecule is CCC(=O)Nc1cncc(-c2ccc3[nH]nc(-c4cc5c(N6CCN(C)CC6)cncc5[nH]4)c3c2)c1. The second-order valence-electron chi connectivity index (χ2n) is 9.29. The maximum absolute atomic E-state index is 11.8. The number of hydrogen-bond acceptors (Lipinski definition) is 6. The highest BCUT2D eigenvalue weighted by molar-refractivity contribution is 6.00. The lowest BCUT2D eigenvalue weighted by molar-refractivity contribution is -0.115. The molecule has 0 unspecified atom stereocenters. The second-order valence-corrected chi connectivity index (χ2v) is 9.29. The molecule has 0 saturated carbocycles. The van der Waals surface area contributed by atoms with Gasteiger partial charge in [0, 0.05) is 55.1 Å². The average Bonchev–Trinajstić information content (AvgIpc) is 3.53. The summed E-state index contributed by atoms with van der Waals surface area (Å²) in [4.78, 5) is 28.9. The maximum atomic E-state index is 11.8. The first-order chi connectivity index (χ1) is 17.6. The van der Waals surface area contributed by atoms with Gasteiger partial charge in [0.1, 0.15) is 5.69 Å². The number of fused-ring (bicyclic) bond motifs is 2. The lowest BCUT2D eigenvalue weighted by Crippen LogP contribution is -2.44. The van der Waals surface area contributed by atoms with Gasteiger partial charge in [-0.15, -0.1) is 0 Å². The van der Waals surface area contributed by atoms with Crippen LogP contribution in [-0.4, -0.2) is 69.2 Å². The van der Waals surface area contributed by atoms with Crippen molar-refractivity contribution in [3.63, 3.8) is 0 Å². The minimum atomic E-state index is -0.0363. The zero-order valence-electron chi connectivity index (χ0n) is 20.4. The van der Waals surface area contributed by atoms with Crippen LogP contribution in [0.15, 0.2) is 55.1 Å². The minimum Gasteiger partial charge on any atom is -0.367 e. The fourth-order valence-electron chi connectivity index (χ4n) is 4.78. The van der Waals surface area contributed by atoms with Crippen LogP contribution in [0, 0.1) is 0 Å². The Morgan fingerprint density at radius 3 is 2.61 bits per heavy atom. The largest absolute Gasteiger partial charge is 0.367 e. The van der Waals surface area contributed by atoms with E-state index in [0.717, 1.165) is 76.2 Å². The third-order valence-electron chi connectivity index (χ3n) is 6.86. The molecule has 1 amide bonds. The predicted octanol–water partition coefficient (Wildman–Crippen LogP) is 4.27. The van der Waals surface area contributed by atoms with Gasteiger partial charge in [-0.1, -0.05) is 13.0 Å². The van der Waals surface area contributed by atoms with E-state index < -0.39 is 0 Å². The number of nitrogens with one attached hydrogen (secondary N) is 3. The first-order valence-corrected chi connectivity index (χ1v) is 12.2. The molecule has 0 aliphatic carbocycles. The number of rotatable bonds is 5. The summed E-state index contributed by atoms with van der Waals surface area (Å²) in [5, 5.41) is 12.9. The molecule has 0 radical (unpaired) electrons. The summed E-state index contributed by atoms with van der Waals surface area (Å²) in [6, 6.07) is 10.3. The normalized spacial score (nSPS) is 14.6. The molecule has 1 aromatic carbocycles. The van der Waals surface area contributed by atoms with Crippen LogP contribution in [0.3, 0.4) is 0 Å². The van der Waals surface area contributed by atoms with Crippen LogP contribution in [0.2, 0.25) is 0 Å². The molecule has 1 saturated heterocycles. The molecule has 1 fully saturated rings. The average molecular weight is 481 g/mol. The van der Waals surface area contributed by atoms with E-state index >= 15 is 0 Å². The van der Waals surface area contributed by atoms with Gasteiger partial charge in [0.05, 0.1) is 46.7 Å². The van der Waals surface area contributed by atoms with E-state index in [1.54, 1.807) is 12.4 Å². The van der Waals surface area contributed by atoms with E-state index in [9.17, 15) is 4.79 Å². The summed E-state index contributed by atoms with van der Waals surface area (Å²) in [6.45, 7) is 5.88. The highest BCUT2D eigenvalue weighted by Crippen LogP contribution is 2.34. The van der Waals surface area contributed by atoms with Gasteiger partial charge >= 0.3 is 0 Å². The fraction of sp³-hybridized carbons (Fsp3) is 0.259. The summed E-state index contributed by atoms with van der Waals surface area (Å²) >= 11 is 0. The Morgan fingerprint density at radius 1 is 0.944 bits per heavy atom. The number of carbonyl (C=O) groups is 1. The third kappa shape index (κ3) is 4.07. The Labute approximate surface area is 208 Å². The number of hydrogen-bond donors (Lipinski definition) is 3. The molecule has 1 aliphatic heterocycles. The molecule has 6 rings (SSSR count). The van der Waals surface area contributed by atoms with Crippen LogP contribution >= 0.6 is 0 Å². The Balaban J connectivity index is 1.38. The molecule has 182 valence electrons. The predicted molar refractivity (Wildman–Crippen MR) is 143 cm³/mol. The molecule has 0 atom stereocenters. The molecule has 5 aromatic rings. The summed E-state index contributed by atoms with van der Waals surface area (Å²) in [5.41, 5.74) is 7.52. The molecule has 9 heteroatoms. The first-order valence-electron chi connectivity index (χ1n) is 12.2. The van der Waals surface area contributed by atoms with Crippen LogP contribution in [-0.2, 0) is 4.79 Å². The smallest absolute Gasteiger partial charge is 0.224 e. The standard InChI is InChI=1S/C27H28N8O/c1-3-26(36)30-19-10-18(13-28-14-19)17-4-5-22-21(11-17)27(33-32-22)23-12-20-24(31-23)15-29-16-25(20)35-8-6-34(2)7-9-35/h4-5,10-16,31H,3,6-9H2,1-2H3,(H,30,36)(H,32,33). The molecular weight excluding hydrogens is 452 g/mol. The quantitative estimate of drug-likeness (QED) is 0.347. The zero-order chi connectivity index (χ0) is 24.6. The van der Waals surface area contributed by atoms with Crippen molar-refractivity contribution in [1.82, 2.24) is 30.0 Å². The molecule has 4 aromatic heterocycles. The Hall–Kier alpha value is -4.24. The van der Waals surface area contributed by atoms with E-state index in [1.165, 1.54) is 0 Å². The van der Waals surface area contributed by atoms with Crippen molar-refractivity contribution >= 4 is 39.1 Å². The van der Waals surface area contributed by atoms with Crippen LogP contribution in [0.4, 0.5) is 11.4 Å². The lowest BCUT2D eigenvalue weighted by atomic mass is 10.0. The molecule has 9 nitrogen and oxygen atoms in total. The fourth-order valence-corrected chi connectivity index (χ4v) is 4.78. The number of anilines is 2. The molecule has 3 N–H and O–H groups in total. The molecular formula is C27H28N8O. The molecule has 5 heterocycles. The molecule has 0 bridgehead atoms. The molecule has 36 heavy (non-hydrogen) atoms.